The van der Waals surface area contributed by atoms with Crippen LogP contribution in [0.4, 0.5) is 8.78 Å². The normalized spacial score (nSPS) is 11.8. The largest absolute Gasteiger partial charge is 0.366 e. The van der Waals surface area contributed by atoms with E-state index in [0.717, 1.165) is 14.1 Å². The van der Waals surface area contributed by atoms with E-state index in [9.17, 15) is 22.0 Å². The van der Waals surface area contributed by atoms with Gasteiger partial charge in [-0.1, -0.05) is 0 Å². The summed E-state index contributed by atoms with van der Waals surface area (Å²) < 4.78 is 50.8. The number of nitrogens with zero attached hydrogens (tertiary/aromatic N) is 1. The third-order valence-corrected chi connectivity index (χ3v) is 3.84. The maximum absolute atomic E-state index is 13.7. The molecule has 0 aliphatic heterocycles. The Morgan fingerprint density at radius 2 is 1.82 bits per heavy atom. The molecule has 1 aromatic rings. The van der Waals surface area contributed by atoms with Crippen LogP contribution in [0.3, 0.4) is 0 Å². The summed E-state index contributed by atoms with van der Waals surface area (Å²) in [5.74, 6) is -3.65. The van der Waals surface area contributed by atoms with Crippen molar-refractivity contribution in [2.24, 2.45) is 5.73 Å². The van der Waals surface area contributed by atoms with Crippen LogP contribution < -0.4 is 5.73 Å². The Labute approximate surface area is 96.9 Å². The van der Waals surface area contributed by atoms with E-state index in [0.29, 0.717) is 16.4 Å². The number of amides is 1. The van der Waals surface area contributed by atoms with E-state index >= 15 is 0 Å². The molecule has 0 aromatic heterocycles. The minimum absolute atomic E-state index is 0.497. The van der Waals surface area contributed by atoms with Crippen molar-refractivity contribution >= 4 is 15.9 Å². The highest BCUT2D eigenvalue weighted by atomic mass is 32.2. The van der Waals surface area contributed by atoms with Gasteiger partial charge in [0.1, 0.15) is 10.7 Å². The highest BCUT2D eigenvalue weighted by molar-refractivity contribution is 7.89. The van der Waals surface area contributed by atoms with Crippen LogP contribution >= 0.6 is 0 Å². The van der Waals surface area contributed by atoms with Crippen molar-refractivity contribution in [2.75, 3.05) is 14.1 Å². The zero-order chi connectivity index (χ0) is 13.4. The summed E-state index contributed by atoms with van der Waals surface area (Å²) >= 11 is 0. The highest BCUT2D eigenvalue weighted by Gasteiger charge is 2.26. The molecule has 0 saturated carbocycles. The smallest absolute Gasteiger partial charge is 0.251 e. The molecule has 17 heavy (non-hydrogen) atoms. The summed E-state index contributed by atoms with van der Waals surface area (Å²) in [6.07, 6.45) is 0. The number of carbonyl (C=O) groups is 1. The molecule has 0 atom stereocenters. The molecule has 2 N–H and O–H groups in total. The average Bonchev–Trinajstić information content (AvgIpc) is 2.20. The molecule has 0 fully saturated rings. The summed E-state index contributed by atoms with van der Waals surface area (Å²) in [5, 5.41) is 0. The Morgan fingerprint density at radius 3 is 2.24 bits per heavy atom. The number of hydrogen-bond acceptors (Lipinski definition) is 3. The molecule has 1 amide bonds. The molecule has 0 aliphatic rings. The molecular weight excluding hydrogens is 254 g/mol. The standard InChI is InChI=1S/C9H10F2N2O3S/c1-13(2)17(15,16)7-4-5(10)3-6(8(7)11)9(12)14/h3-4H,1-2H3,(H2,12,14). The topological polar surface area (TPSA) is 80.5 Å². The fraction of sp³-hybridized carbons (Fsp3) is 0.222. The van der Waals surface area contributed by atoms with Crippen LogP contribution in [0.1, 0.15) is 10.4 Å². The molecule has 0 saturated heterocycles. The molecule has 0 heterocycles. The molecule has 0 bridgehead atoms. The molecule has 1 aromatic carbocycles. The van der Waals surface area contributed by atoms with Gasteiger partial charge in [-0.25, -0.2) is 21.5 Å². The number of primary amides is 1. The van der Waals surface area contributed by atoms with Gasteiger partial charge in [-0.05, 0) is 12.1 Å². The summed E-state index contributed by atoms with van der Waals surface area (Å²) in [6.45, 7) is 0. The third kappa shape index (κ3) is 2.42. The maximum Gasteiger partial charge on any atom is 0.251 e. The molecule has 0 aliphatic carbocycles. The van der Waals surface area contributed by atoms with E-state index in [1.807, 2.05) is 0 Å². The van der Waals surface area contributed by atoms with E-state index in [-0.39, 0.29) is 0 Å². The van der Waals surface area contributed by atoms with E-state index in [4.69, 9.17) is 5.73 Å². The van der Waals surface area contributed by atoms with Gasteiger partial charge in [0.05, 0.1) is 5.56 Å². The van der Waals surface area contributed by atoms with Crippen molar-refractivity contribution < 1.29 is 22.0 Å². The van der Waals surface area contributed by atoms with Crippen molar-refractivity contribution in [1.82, 2.24) is 4.31 Å². The van der Waals surface area contributed by atoms with Gasteiger partial charge in [-0.3, -0.25) is 4.79 Å². The Balaban J connectivity index is 3.62. The lowest BCUT2D eigenvalue weighted by Gasteiger charge is -2.13. The van der Waals surface area contributed by atoms with Gasteiger partial charge in [0.2, 0.25) is 10.0 Å². The van der Waals surface area contributed by atoms with Crippen LogP contribution in [0.5, 0.6) is 0 Å². The number of hydrogen-bond donors (Lipinski definition) is 1. The first-order valence-corrected chi connectivity index (χ1v) is 5.83. The van der Waals surface area contributed by atoms with Gasteiger partial charge in [-0.2, -0.15) is 0 Å². The fourth-order valence-electron chi connectivity index (χ4n) is 1.13. The van der Waals surface area contributed by atoms with Gasteiger partial charge in [-0.15, -0.1) is 0 Å². The first kappa shape index (κ1) is 13.5. The number of carbonyl (C=O) groups excluding carboxylic acids is 1. The van der Waals surface area contributed by atoms with Crippen molar-refractivity contribution in [3.63, 3.8) is 0 Å². The van der Waals surface area contributed by atoms with E-state index in [2.05, 4.69) is 0 Å². The third-order valence-electron chi connectivity index (χ3n) is 2.03. The second kappa shape index (κ2) is 4.38. The second-order valence-corrected chi connectivity index (χ2v) is 5.54. The monoisotopic (exact) mass is 264 g/mol. The van der Waals surface area contributed by atoms with Crippen molar-refractivity contribution in [2.45, 2.75) is 4.90 Å². The molecule has 0 spiro atoms. The minimum Gasteiger partial charge on any atom is -0.366 e. The van der Waals surface area contributed by atoms with E-state index in [1.54, 1.807) is 0 Å². The predicted octanol–water partition coefficient (Wildman–Crippen LogP) is 0.314. The lowest BCUT2D eigenvalue weighted by atomic mass is 10.2. The highest BCUT2D eigenvalue weighted by Crippen LogP contribution is 2.22. The minimum atomic E-state index is -4.18. The van der Waals surface area contributed by atoms with Gasteiger partial charge in [0, 0.05) is 14.1 Å². The van der Waals surface area contributed by atoms with Crippen LogP contribution in [0.25, 0.3) is 0 Å². The van der Waals surface area contributed by atoms with Gasteiger partial charge < -0.3 is 5.73 Å². The summed E-state index contributed by atoms with van der Waals surface area (Å²) in [6, 6.07) is 1.05. The van der Waals surface area contributed by atoms with Crippen LogP contribution in [0, 0.1) is 11.6 Å². The predicted molar refractivity (Wildman–Crippen MR) is 55.7 cm³/mol. The van der Waals surface area contributed by atoms with E-state index in [1.165, 1.54) is 0 Å². The quantitative estimate of drug-likeness (QED) is 0.853. The molecule has 8 heteroatoms. The van der Waals surface area contributed by atoms with Gasteiger partial charge >= 0.3 is 0 Å². The lowest BCUT2D eigenvalue weighted by Crippen LogP contribution is -2.25. The van der Waals surface area contributed by atoms with E-state index < -0.39 is 38.0 Å². The zero-order valence-electron chi connectivity index (χ0n) is 9.07. The summed E-state index contributed by atoms with van der Waals surface area (Å²) in [4.78, 5) is 9.91. The molecule has 1 rings (SSSR count). The molecular formula is C9H10F2N2O3S. The number of benzene rings is 1. The Morgan fingerprint density at radius 1 is 1.29 bits per heavy atom. The molecule has 0 radical (unpaired) electrons. The summed E-state index contributed by atoms with van der Waals surface area (Å²) in [5.41, 5.74) is 4.02. The number of rotatable bonds is 3. The molecule has 0 unspecified atom stereocenters. The first-order chi connectivity index (χ1) is 7.67. The van der Waals surface area contributed by atoms with Crippen LogP contribution in [-0.4, -0.2) is 32.7 Å². The maximum atomic E-state index is 13.7. The first-order valence-electron chi connectivity index (χ1n) is 4.39. The lowest BCUT2D eigenvalue weighted by molar-refractivity contribution is 0.0995. The molecule has 5 nitrogen and oxygen atoms in total. The zero-order valence-corrected chi connectivity index (χ0v) is 9.88. The van der Waals surface area contributed by atoms with Gasteiger partial charge in [0.25, 0.3) is 5.91 Å². The number of halogens is 2. The summed E-state index contributed by atoms with van der Waals surface area (Å²) in [7, 11) is -1.86. The van der Waals surface area contributed by atoms with Crippen LogP contribution in [0.2, 0.25) is 0 Å². The fourth-order valence-corrected chi connectivity index (χ4v) is 2.12. The molecule has 94 valence electrons. The second-order valence-electron chi connectivity index (χ2n) is 3.42. The van der Waals surface area contributed by atoms with Crippen LogP contribution in [-0.2, 0) is 10.0 Å². The number of nitrogens with two attached hydrogens (primary N) is 1. The Bertz CT molecular complexity index is 570. The average molecular weight is 264 g/mol. The van der Waals surface area contributed by atoms with Crippen molar-refractivity contribution in [3.8, 4) is 0 Å². The number of sulfonamides is 1. The van der Waals surface area contributed by atoms with Crippen molar-refractivity contribution in [3.05, 3.63) is 29.3 Å². The van der Waals surface area contributed by atoms with Gasteiger partial charge in [0.15, 0.2) is 5.82 Å². The SMILES string of the molecule is CN(C)S(=O)(=O)c1cc(F)cc(C(N)=O)c1F. The van der Waals surface area contributed by atoms with Crippen LogP contribution in [0.15, 0.2) is 17.0 Å². The Kier molecular flexibility index (Phi) is 3.48. The Hall–Kier alpha value is -1.54. The van der Waals surface area contributed by atoms with Crippen molar-refractivity contribution in [1.29, 1.82) is 0 Å².